The summed E-state index contributed by atoms with van der Waals surface area (Å²) >= 11 is 0. The highest BCUT2D eigenvalue weighted by Gasteiger charge is 2.41. The number of hydrogen-bond acceptors (Lipinski definition) is 3. The molecule has 0 aliphatic carbocycles. The van der Waals surface area contributed by atoms with Gasteiger partial charge in [-0.05, 0) is 19.8 Å². The number of ether oxygens (including phenoxy) is 2. The molecule has 1 aliphatic heterocycles. The van der Waals surface area contributed by atoms with E-state index >= 15 is 0 Å². The first-order valence-corrected chi connectivity index (χ1v) is 8.39. The molecule has 0 bridgehead atoms. The van der Waals surface area contributed by atoms with Crippen LogP contribution in [0.1, 0.15) is 26.2 Å². The highest BCUT2D eigenvalue weighted by molar-refractivity contribution is 6.58. The van der Waals surface area contributed by atoms with E-state index < -0.39 is 14.2 Å². The SMILES string of the molecule is C=C(C)C(=O)OC1([SiH](C)C)CCCCO1. The summed E-state index contributed by atoms with van der Waals surface area (Å²) in [6.45, 7) is 10.3. The zero-order valence-electron chi connectivity index (χ0n) is 9.84. The molecule has 3 nitrogen and oxygen atoms in total. The molecule has 4 heteroatoms. The van der Waals surface area contributed by atoms with Gasteiger partial charge in [0, 0.05) is 12.0 Å². The molecule has 1 saturated heterocycles. The number of carbonyl (C=O) groups excluding carboxylic acids is 1. The van der Waals surface area contributed by atoms with Crippen molar-refractivity contribution in [1.82, 2.24) is 0 Å². The lowest BCUT2D eigenvalue weighted by atomic mass is 10.2. The normalized spacial score (nSPS) is 26.4. The number of carbonyl (C=O) groups is 1. The Labute approximate surface area is 93.1 Å². The summed E-state index contributed by atoms with van der Waals surface area (Å²) in [5.41, 5.74) is -0.146. The maximum Gasteiger partial charge on any atom is 0.335 e. The van der Waals surface area contributed by atoms with E-state index in [1.54, 1.807) is 6.92 Å². The molecule has 0 aromatic rings. The van der Waals surface area contributed by atoms with E-state index in [1.165, 1.54) is 0 Å². The summed E-state index contributed by atoms with van der Waals surface area (Å²) in [6.07, 6.45) is 2.98. The second kappa shape index (κ2) is 4.94. The van der Waals surface area contributed by atoms with Crippen LogP contribution in [0, 0.1) is 0 Å². The Morgan fingerprint density at radius 1 is 1.47 bits per heavy atom. The van der Waals surface area contributed by atoms with Gasteiger partial charge < -0.3 is 9.47 Å². The largest absolute Gasteiger partial charge is 0.434 e. The molecule has 0 radical (unpaired) electrons. The molecule has 1 unspecified atom stereocenters. The van der Waals surface area contributed by atoms with Crippen molar-refractivity contribution in [3.8, 4) is 0 Å². The van der Waals surface area contributed by atoms with Crippen molar-refractivity contribution in [2.24, 2.45) is 0 Å². The van der Waals surface area contributed by atoms with E-state index in [0.29, 0.717) is 12.2 Å². The molecule has 1 heterocycles. The first kappa shape index (κ1) is 12.5. The molecule has 1 aliphatic rings. The van der Waals surface area contributed by atoms with Crippen LogP contribution < -0.4 is 0 Å². The fraction of sp³-hybridized carbons (Fsp3) is 0.727. The van der Waals surface area contributed by atoms with Crippen LogP contribution in [0.15, 0.2) is 12.2 Å². The molecule has 0 spiro atoms. The highest BCUT2D eigenvalue weighted by Crippen LogP contribution is 2.29. The van der Waals surface area contributed by atoms with Gasteiger partial charge in [0.2, 0.25) is 0 Å². The summed E-state index contributed by atoms with van der Waals surface area (Å²) in [5.74, 6) is -0.321. The van der Waals surface area contributed by atoms with Crippen molar-refractivity contribution in [2.45, 2.75) is 44.7 Å². The fourth-order valence-corrected chi connectivity index (χ4v) is 3.26. The summed E-state index contributed by atoms with van der Waals surface area (Å²) in [7, 11) is -1.19. The Balaban J connectivity index is 2.73. The van der Waals surface area contributed by atoms with Crippen LogP contribution in [-0.4, -0.2) is 26.8 Å². The highest BCUT2D eigenvalue weighted by atomic mass is 28.3. The van der Waals surface area contributed by atoms with Gasteiger partial charge >= 0.3 is 5.97 Å². The molecule has 1 atom stereocenters. The van der Waals surface area contributed by atoms with Gasteiger partial charge in [0.15, 0.2) is 5.41 Å². The summed E-state index contributed by atoms with van der Waals surface area (Å²) in [4.78, 5) is 11.5. The minimum Gasteiger partial charge on any atom is -0.434 e. The molecule has 0 saturated carbocycles. The Kier molecular flexibility index (Phi) is 4.10. The molecule has 1 rings (SSSR count). The predicted octanol–water partition coefficient (Wildman–Crippen LogP) is 2.03. The average Bonchev–Trinajstić information content (AvgIpc) is 2.18. The van der Waals surface area contributed by atoms with Crippen LogP contribution in [0.4, 0.5) is 0 Å². The van der Waals surface area contributed by atoms with Gasteiger partial charge in [0.05, 0.1) is 6.61 Å². The number of esters is 1. The second-order valence-corrected chi connectivity index (χ2v) is 7.63. The van der Waals surface area contributed by atoms with Crippen LogP contribution >= 0.6 is 0 Å². The van der Waals surface area contributed by atoms with Gasteiger partial charge in [-0.15, -0.1) is 0 Å². The van der Waals surface area contributed by atoms with E-state index in [0.717, 1.165) is 19.3 Å². The van der Waals surface area contributed by atoms with Crippen molar-refractivity contribution >= 4 is 14.8 Å². The van der Waals surface area contributed by atoms with Crippen molar-refractivity contribution in [3.63, 3.8) is 0 Å². The molecule has 1 fully saturated rings. The minimum absolute atomic E-state index is 0.321. The molecule has 0 aromatic carbocycles. The summed E-state index contributed by atoms with van der Waals surface area (Å²) < 4.78 is 11.2. The average molecular weight is 228 g/mol. The smallest absolute Gasteiger partial charge is 0.335 e. The quantitative estimate of drug-likeness (QED) is 0.421. The minimum atomic E-state index is -1.19. The maximum absolute atomic E-state index is 11.5. The van der Waals surface area contributed by atoms with Crippen LogP contribution in [0.5, 0.6) is 0 Å². The third kappa shape index (κ3) is 2.92. The van der Waals surface area contributed by atoms with Crippen LogP contribution in [0.3, 0.4) is 0 Å². The zero-order chi connectivity index (χ0) is 11.5. The molecule has 0 amide bonds. The van der Waals surface area contributed by atoms with Crippen molar-refractivity contribution in [1.29, 1.82) is 0 Å². The predicted molar refractivity (Wildman–Crippen MR) is 62.3 cm³/mol. The van der Waals surface area contributed by atoms with E-state index in [-0.39, 0.29) is 5.97 Å². The maximum atomic E-state index is 11.5. The molecule has 15 heavy (non-hydrogen) atoms. The Morgan fingerprint density at radius 2 is 2.13 bits per heavy atom. The molecular weight excluding hydrogens is 208 g/mol. The lowest BCUT2D eigenvalue weighted by Crippen LogP contribution is -2.51. The van der Waals surface area contributed by atoms with Crippen LogP contribution in [0.2, 0.25) is 13.1 Å². The standard InChI is InChI=1S/C11H20O3Si/c1-9(2)10(12)14-11(15(3)4)7-5-6-8-13-11/h15H,1,5-8H2,2-4H3. The lowest BCUT2D eigenvalue weighted by Gasteiger charge is -2.39. The third-order valence-corrected chi connectivity index (χ3v) is 5.09. The molecule has 86 valence electrons. The van der Waals surface area contributed by atoms with E-state index in [4.69, 9.17) is 9.47 Å². The Hall–Kier alpha value is -0.613. The van der Waals surface area contributed by atoms with Crippen LogP contribution in [-0.2, 0) is 14.3 Å². The Bertz CT molecular complexity index is 255. The lowest BCUT2D eigenvalue weighted by molar-refractivity contribution is -0.205. The zero-order valence-corrected chi connectivity index (χ0v) is 11.0. The first-order valence-electron chi connectivity index (χ1n) is 5.51. The molecular formula is C11H20O3Si. The molecule has 0 aromatic heterocycles. The summed E-state index contributed by atoms with van der Waals surface area (Å²) in [6, 6.07) is 0. The number of rotatable bonds is 3. The number of hydrogen-bond donors (Lipinski definition) is 0. The monoisotopic (exact) mass is 228 g/mol. The van der Waals surface area contributed by atoms with Gasteiger partial charge in [-0.1, -0.05) is 19.7 Å². The van der Waals surface area contributed by atoms with E-state index in [9.17, 15) is 4.79 Å². The van der Waals surface area contributed by atoms with Crippen molar-refractivity contribution in [3.05, 3.63) is 12.2 Å². The first-order chi connectivity index (χ1) is 6.98. The topological polar surface area (TPSA) is 35.5 Å². The van der Waals surface area contributed by atoms with E-state index in [2.05, 4.69) is 19.7 Å². The third-order valence-electron chi connectivity index (χ3n) is 2.76. The van der Waals surface area contributed by atoms with E-state index in [1.807, 2.05) is 0 Å². The van der Waals surface area contributed by atoms with Gasteiger partial charge in [-0.25, -0.2) is 4.79 Å². The Morgan fingerprint density at radius 3 is 2.53 bits per heavy atom. The van der Waals surface area contributed by atoms with Crippen molar-refractivity contribution < 1.29 is 14.3 Å². The van der Waals surface area contributed by atoms with Gasteiger partial charge in [0.25, 0.3) is 0 Å². The second-order valence-electron chi connectivity index (χ2n) is 4.44. The van der Waals surface area contributed by atoms with Crippen LogP contribution in [0.25, 0.3) is 0 Å². The summed E-state index contributed by atoms with van der Waals surface area (Å²) in [5, 5.41) is 0. The fourth-order valence-electron chi connectivity index (χ4n) is 1.69. The van der Waals surface area contributed by atoms with Gasteiger partial charge in [-0.2, -0.15) is 0 Å². The molecule has 0 N–H and O–H groups in total. The van der Waals surface area contributed by atoms with Gasteiger partial charge in [0.1, 0.15) is 8.80 Å². The van der Waals surface area contributed by atoms with Gasteiger partial charge in [-0.3, -0.25) is 0 Å². The van der Waals surface area contributed by atoms with Crippen molar-refractivity contribution in [2.75, 3.05) is 6.61 Å².